The van der Waals surface area contributed by atoms with Crippen molar-refractivity contribution < 1.29 is 56.3 Å². The summed E-state index contributed by atoms with van der Waals surface area (Å²) in [4.78, 5) is 47.4. The van der Waals surface area contributed by atoms with Crippen LogP contribution in [0.15, 0.2) is 12.7 Å². The molecule has 0 aliphatic carbocycles. The van der Waals surface area contributed by atoms with Crippen molar-refractivity contribution in [1.29, 1.82) is 0 Å². The zero-order valence-corrected chi connectivity index (χ0v) is 16.6. The van der Waals surface area contributed by atoms with Crippen LogP contribution in [0.3, 0.4) is 0 Å². The van der Waals surface area contributed by atoms with Crippen molar-refractivity contribution >= 4 is 40.4 Å². The minimum Gasteiger partial charge on any atom is -0.386 e. The largest absolute Gasteiger partial charge is 0.490 e. The Balaban J connectivity index is 1.73. The number of aromatic nitrogens is 4. The molecule has 1 aliphatic heterocycles. The van der Waals surface area contributed by atoms with Gasteiger partial charge in [-0.2, -0.15) is 8.62 Å². The summed E-state index contributed by atoms with van der Waals surface area (Å²) in [6.07, 6.45) is -2.01. The highest BCUT2D eigenvalue weighted by Crippen LogP contribution is 2.66. The number of nitrogens with zero attached hydrogens (tertiary/aromatic N) is 4. The molecule has 2 aromatic rings. The average molecular weight is 477 g/mol. The molecule has 1 fully saturated rings. The van der Waals surface area contributed by atoms with Crippen molar-refractivity contribution in [2.45, 2.75) is 18.4 Å². The fourth-order valence-electron chi connectivity index (χ4n) is 2.44. The van der Waals surface area contributed by atoms with E-state index in [1.807, 2.05) is 0 Å². The molecule has 0 amide bonds. The SMILES string of the molecule is Nc1ncnc2c1ncn2[C@@H]1OC[C@H](OP(=O)(O)OP(=O)(O)OP(=O)(O)O)[C@H]1O. The van der Waals surface area contributed by atoms with Crippen LogP contribution in [0.4, 0.5) is 5.82 Å². The van der Waals surface area contributed by atoms with Crippen LogP contribution in [0.25, 0.3) is 11.2 Å². The van der Waals surface area contributed by atoms with E-state index in [0.29, 0.717) is 0 Å². The zero-order valence-electron chi connectivity index (χ0n) is 13.9. The van der Waals surface area contributed by atoms with Crippen molar-refractivity contribution in [1.82, 2.24) is 19.5 Å². The first-order valence-corrected chi connectivity index (χ1v) is 11.8. The molecule has 20 heteroatoms. The van der Waals surface area contributed by atoms with Gasteiger partial charge in [-0.3, -0.25) is 9.09 Å². The van der Waals surface area contributed by atoms with Crippen LogP contribution in [-0.4, -0.2) is 63.0 Å². The lowest BCUT2D eigenvalue weighted by molar-refractivity contribution is -0.0161. The molecular formula is C9H14N5O12P3. The molecule has 5 atom stereocenters. The van der Waals surface area contributed by atoms with Gasteiger partial charge in [0.05, 0.1) is 12.9 Å². The molecule has 3 rings (SSSR count). The molecule has 29 heavy (non-hydrogen) atoms. The predicted molar refractivity (Wildman–Crippen MR) is 89.5 cm³/mol. The van der Waals surface area contributed by atoms with E-state index in [1.165, 1.54) is 10.9 Å². The molecule has 1 saturated heterocycles. The lowest BCUT2D eigenvalue weighted by Crippen LogP contribution is -2.30. The zero-order chi connectivity index (χ0) is 21.6. The van der Waals surface area contributed by atoms with E-state index in [1.54, 1.807) is 0 Å². The van der Waals surface area contributed by atoms with Gasteiger partial charge in [0.25, 0.3) is 0 Å². The molecule has 0 bridgehead atoms. The Morgan fingerprint density at radius 2 is 1.79 bits per heavy atom. The van der Waals surface area contributed by atoms with Crippen molar-refractivity contribution in [3.63, 3.8) is 0 Å². The minimum absolute atomic E-state index is 0.0612. The van der Waals surface area contributed by atoms with Gasteiger partial charge >= 0.3 is 23.5 Å². The van der Waals surface area contributed by atoms with Crippen molar-refractivity contribution in [2.75, 3.05) is 12.3 Å². The Labute approximate surface area is 160 Å². The summed E-state index contributed by atoms with van der Waals surface area (Å²) in [5.41, 5.74) is 6.05. The minimum atomic E-state index is -5.68. The third kappa shape index (κ3) is 5.24. The monoisotopic (exact) mass is 477 g/mol. The Morgan fingerprint density at radius 1 is 1.10 bits per heavy atom. The van der Waals surface area contributed by atoms with Gasteiger partial charge in [-0.25, -0.2) is 28.6 Å². The number of rotatable bonds is 7. The number of ether oxygens (including phenoxy) is 1. The van der Waals surface area contributed by atoms with Gasteiger partial charge in [0.2, 0.25) is 0 Å². The summed E-state index contributed by atoms with van der Waals surface area (Å²) in [5, 5.41) is 10.3. The van der Waals surface area contributed by atoms with Gasteiger partial charge in [0.1, 0.15) is 24.1 Å². The maximum Gasteiger partial charge on any atom is 0.490 e. The molecule has 1 aliphatic rings. The molecular weight excluding hydrogens is 463 g/mol. The number of hydrogen-bond donors (Lipinski definition) is 6. The number of phosphoric acid groups is 3. The first-order valence-electron chi connectivity index (χ1n) is 7.33. The molecule has 0 saturated carbocycles. The summed E-state index contributed by atoms with van der Waals surface area (Å²) >= 11 is 0. The topological polar surface area (TPSA) is 259 Å². The van der Waals surface area contributed by atoms with Crippen molar-refractivity contribution in [3.05, 3.63) is 12.7 Å². The normalized spacial score (nSPS) is 27.0. The van der Waals surface area contributed by atoms with E-state index < -0.39 is 48.5 Å². The van der Waals surface area contributed by atoms with Crippen LogP contribution in [0.1, 0.15) is 6.23 Å². The third-order valence-electron chi connectivity index (χ3n) is 3.45. The van der Waals surface area contributed by atoms with Crippen LogP contribution in [-0.2, 0) is 31.6 Å². The first-order chi connectivity index (χ1) is 13.3. The predicted octanol–water partition coefficient (Wildman–Crippen LogP) is -0.990. The van der Waals surface area contributed by atoms with Gasteiger partial charge in [0.15, 0.2) is 17.7 Å². The molecule has 162 valence electrons. The number of fused-ring (bicyclic) bond motifs is 1. The highest BCUT2D eigenvalue weighted by atomic mass is 31.3. The third-order valence-corrected chi connectivity index (χ3v) is 7.31. The summed E-state index contributed by atoms with van der Waals surface area (Å²) in [6.45, 7) is -0.477. The molecule has 2 unspecified atom stereocenters. The van der Waals surface area contributed by atoms with Gasteiger partial charge < -0.3 is 35.2 Å². The van der Waals surface area contributed by atoms with E-state index in [4.69, 9.17) is 25.2 Å². The average Bonchev–Trinajstić information content (AvgIpc) is 3.09. The van der Waals surface area contributed by atoms with E-state index in [0.717, 1.165) is 6.33 Å². The molecule has 0 aromatic carbocycles. The number of phosphoric ester groups is 1. The van der Waals surface area contributed by atoms with Crippen molar-refractivity contribution in [3.8, 4) is 0 Å². The smallest absolute Gasteiger partial charge is 0.386 e. The van der Waals surface area contributed by atoms with E-state index in [9.17, 15) is 23.7 Å². The molecule has 0 spiro atoms. The fraction of sp³-hybridized carbons (Fsp3) is 0.444. The summed E-state index contributed by atoms with van der Waals surface area (Å²) in [6, 6.07) is 0. The van der Waals surface area contributed by atoms with Crippen LogP contribution in [0, 0.1) is 0 Å². The van der Waals surface area contributed by atoms with E-state index in [2.05, 4.69) is 28.1 Å². The van der Waals surface area contributed by atoms with Gasteiger partial charge in [0, 0.05) is 0 Å². The van der Waals surface area contributed by atoms with Crippen molar-refractivity contribution in [2.24, 2.45) is 0 Å². The summed E-state index contributed by atoms with van der Waals surface area (Å²) in [5.74, 6) is 0.0612. The lowest BCUT2D eigenvalue weighted by Gasteiger charge is -2.21. The molecule has 7 N–H and O–H groups in total. The summed E-state index contributed by atoms with van der Waals surface area (Å²) in [7, 11) is -16.6. The Kier molecular flexibility index (Phi) is 5.97. The number of imidazole rings is 1. The van der Waals surface area contributed by atoms with Crippen LogP contribution in [0.2, 0.25) is 0 Å². The Morgan fingerprint density at radius 3 is 2.45 bits per heavy atom. The highest BCUT2D eigenvalue weighted by molar-refractivity contribution is 7.66. The van der Waals surface area contributed by atoms with Gasteiger partial charge in [-0.1, -0.05) is 0 Å². The van der Waals surface area contributed by atoms with Crippen LogP contribution in [0.5, 0.6) is 0 Å². The van der Waals surface area contributed by atoms with Crippen LogP contribution >= 0.6 is 23.5 Å². The highest BCUT2D eigenvalue weighted by Gasteiger charge is 2.46. The maximum atomic E-state index is 11.9. The second kappa shape index (κ2) is 7.74. The number of nitrogen functional groups attached to an aromatic ring is 1. The number of aliphatic hydroxyl groups excluding tert-OH is 1. The number of hydrogen-bond acceptors (Lipinski definition) is 12. The maximum absolute atomic E-state index is 11.9. The molecule has 2 aromatic heterocycles. The quantitative estimate of drug-likeness (QED) is 0.261. The standard InChI is InChI=1S/C9H14N5O12P3/c10-7-5-8(12-2-11-7)14(3-13-5)9-6(15)4(1-23-9)24-28(19,20)26-29(21,22)25-27(16,17)18/h2-4,6,9,15H,1H2,(H,19,20)(H,21,22)(H2,10,11,12)(H2,16,17,18)/t4-,6+,9+/m0/s1. The molecule has 0 radical (unpaired) electrons. The Hall–Kier alpha value is -1.32. The second-order valence-electron chi connectivity index (χ2n) is 5.53. The number of anilines is 1. The molecule has 17 nitrogen and oxygen atoms in total. The number of aliphatic hydroxyl groups is 1. The summed E-state index contributed by atoms with van der Waals surface area (Å²) < 4.78 is 52.2. The van der Waals surface area contributed by atoms with Gasteiger partial charge in [-0.05, 0) is 0 Å². The fourth-order valence-corrected chi connectivity index (χ4v) is 5.63. The molecule has 3 heterocycles. The lowest BCUT2D eigenvalue weighted by atomic mass is 10.2. The van der Waals surface area contributed by atoms with E-state index in [-0.39, 0.29) is 17.0 Å². The Bertz CT molecular complexity index is 1050. The van der Waals surface area contributed by atoms with Crippen LogP contribution < -0.4 is 5.73 Å². The van der Waals surface area contributed by atoms with E-state index >= 15 is 0 Å². The van der Waals surface area contributed by atoms with Gasteiger partial charge in [-0.15, -0.1) is 0 Å². The number of nitrogens with two attached hydrogens (primary N) is 1. The second-order valence-corrected chi connectivity index (χ2v) is 9.90. The first kappa shape index (κ1) is 22.4.